The van der Waals surface area contributed by atoms with Gasteiger partial charge >= 0.3 is 6.09 Å². The number of hydrogen-bond acceptors (Lipinski definition) is 6. The quantitative estimate of drug-likeness (QED) is 0.102. The number of carbonyl (C=O) groups excluding carboxylic acids is 1. The molecule has 0 aromatic heterocycles. The number of benzene rings is 1. The Balaban J connectivity index is 3.43. The van der Waals surface area contributed by atoms with Crippen LogP contribution < -0.4 is 5.73 Å². The van der Waals surface area contributed by atoms with Gasteiger partial charge in [-0.25, -0.2) is 4.79 Å². The third-order valence-corrected chi connectivity index (χ3v) is 20.1. The number of allylic oxidation sites excluding steroid dienone is 1. The van der Waals surface area contributed by atoms with Gasteiger partial charge in [0.15, 0.2) is 16.6 Å². The van der Waals surface area contributed by atoms with E-state index in [0.717, 1.165) is 12.0 Å². The first-order valence-electron chi connectivity index (χ1n) is 18.7. The molecule has 3 N–H and O–H groups in total. The number of aliphatic hydroxyl groups is 1. The maximum Gasteiger partial charge on any atom is 0.404 e. The Morgan fingerprint density at radius 3 is 1.82 bits per heavy atom. The highest BCUT2D eigenvalue weighted by molar-refractivity contribution is 6.74. The summed E-state index contributed by atoms with van der Waals surface area (Å²) in [4.78, 5) is 12.3. The first kappa shape index (κ1) is 46.3. The summed E-state index contributed by atoms with van der Waals surface area (Å²) in [6, 6.07) is 10.1. The summed E-state index contributed by atoms with van der Waals surface area (Å²) in [6.07, 6.45) is 5.62. The van der Waals surface area contributed by atoms with E-state index >= 15 is 0 Å². The van der Waals surface area contributed by atoms with E-state index in [1.165, 1.54) is 5.57 Å². The number of hydrogen-bond donors (Lipinski definition) is 2. The van der Waals surface area contributed by atoms with Gasteiger partial charge in [-0.15, -0.1) is 0 Å². The predicted octanol–water partition coefficient (Wildman–Crippen LogP) is 10.5. The average molecular weight is 734 g/mol. The SMILES string of the molecule is C/C(=C/[C@H](C)[C@@H](O[Si](C)(C)C(C)(C)C)[C@@H](C)/C=C\CO)CC(C)C(O[Si](C)(C)C(C)(C)C)C(C)C(OC(N)=O)[C@@H](C)COCc1ccccc1. The van der Waals surface area contributed by atoms with Crippen molar-refractivity contribution in [2.45, 2.75) is 151 Å². The Morgan fingerprint density at radius 2 is 1.34 bits per heavy atom. The minimum absolute atomic E-state index is 0.00106. The standard InChI is InChI=1S/C41H75NO6Si2/c1-29(25-31(3)36(30(2)21-20-24-43)47-49(13,14)40(7,8)9)26-32(4)38(48-50(15,16)41(10,11)12)34(6)37(46-39(42)44)33(5)27-45-28-35-22-18-17-19-23-35/h17-23,25,30-34,36-38,43H,24,26-28H2,1-16H3,(H2,42,44)/b21-20-,29-25-/t30-,31-,32?,33-,34?,36-,37?,38?/m0/s1. The Hall–Kier alpha value is -1.76. The summed E-state index contributed by atoms with van der Waals surface area (Å²) < 4.78 is 26.3. The van der Waals surface area contributed by atoms with Crippen molar-refractivity contribution in [2.75, 3.05) is 13.2 Å². The predicted molar refractivity (Wildman–Crippen MR) is 215 cm³/mol. The molecule has 0 spiro atoms. The van der Waals surface area contributed by atoms with E-state index in [1.807, 2.05) is 36.4 Å². The van der Waals surface area contributed by atoms with Crippen molar-refractivity contribution in [1.82, 2.24) is 0 Å². The molecule has 0 bridgehead atoms. The van der Waals surface area contributed by atoms with Gasteiger partial charge in [0.25, 0.3) is 0 Å². The van der Waals surface area contributed by atoms with Crippen LogP contribution in [0, 0.1) is 29.6 Å². The number of nitrogens with two attached hydrogens (primary N) is 1. The summed E-state index contributed by atoms with van der Waals surface area (Å²) in [5.41, 5.74) is 8.05. The monoisotopic (exact) mass is 734 g/mol. The third kappa shape index (κ3) is 14.7. The summed E-state index contributed by atoms with van der Waals surface area (Å²) in [5.74, 6) is 0.188. The summed E-state index contributed by atoms with van der Waals surface area (Å²) in [6.45, 7) is 36.8. The van der Waals surface area contributed by atoms with Crippen LogP contribution in [-0.4, -0.2) is 59.4 Å². The van der Waals surface area contributed by atoms with Crippen molar-refractivity contribution in [2.24, 2.45) is 35.3 Å². The van der Waals surface area contributed by atoms with Gasteiger partial charge in [0.1, 0.15) is 6.10 Å². The molecule has 1 aromatic carbocycles. The van der Waals surface area contributed by atoms with Crippen LogP contribution in [0.25, 0.3) is 0 Å². The first-order chi connectivity index (χ1) is 22.8. The second-order valence-electron chi connectivity index (χ2n) is 17.9. The maximum atomic E-state index is 12.3. The van der Waals surface area contributed by atoms with Gasteiger partial charge in [-0.3, -0.25) is 0 Å². The highest BCUT2D eigenvalue weighted by atomic mass is 28.4. The van der Waals surface area contributed by atoms with Crippen molar-refractivity contribution < 1.29 is 28.2 Å². The average Bonchev–Trinajstić information content (AvgIpc) is 2.98. The lowest BCUT2D eigenvalue weighted by Gasteiger charge is -2.45. The maximum absolute atomic E-state index is 12.3. The molecular weight excluding hydrogens is 659 g/mol. The number of carbonyl (C=O) groups is 1. The van der Waals surface area contributed by atoms with Crippen LogP contribution in [0.5, 0.6) is 0 Å². The Bertz CT molecular complexity index is 1200. The van der Waals surface area contributed by atoms with Gasteiger partial charge in [0.05, 0.1) is 32.0 Å². The lowest BCUT2D eigenvalue weighted by Crippen LogP contribution is -2.51. The molecule has 1 rings (SSSR count). The molecule has 288 valence electrons. The van der Waals surface area contributed by atoms with Gasteiger partial charge in [-0.1, -0.05) is 130 Å². The highest BCUT2D eigenvalue weighted by Gasteiger charge is 2.45. The Morgan fingerprint density at radius 1 is 0.820 bits per heavy atom. The zero-order chi connectivity index (χ0) is 38.7. The van der Waals surface area contributed by atoms with Crippen LogP contribution in [0.15, 0.2) is 54.1 Å². The molecule has 0 saturated heterocycles. The molecule has 8 atom stereocenters. The topological polar surface area (TPSA) is 100 Å². The molecule has 9 heteroatoms. The van der Waals surface area contributed by atoms with E-state index in [0.29, 0.717) is 13.2 Å². The molecule has 50 heavy (non-hydrogen) atoms. The second-order valence-corrected chi connectivity index (χ2v) is 27.5. The minimum Gasteiger partial charge on any atom is -0.446 e. The fraction of sp³-hybridized carbons (Fsp3) is 0.732. The molecule has 7 nitrogen and oxygen atoms in total. The smallest absolute Gasteiger partial charge is 0.404 e. The van der Waals surface area contributed by atoms with E-state index in [1.54, 1.807) is 0 Å². The molecule has 1 amide bonds. The van der Waals surface area contributed by atoms with Crippen LogP contribution >= 0.6 is 0 Å². The summed E-state index contributed by atoms with van der Waals surface area (Å²) >= 11 is 0. The van der Waals surface area contributed by atoms with E-state index < -0.39 is 28.8 Å². The molecular formula is C41H75NO6Si2. The van der Waals surface area contributed by atoms with Gasteiger partial charge in [0, 0.05) is 11.8 Å². The highest BCUT2D eigenvalue weighted by Crippen LogP contribution is 2.42. The fourth-order valence-corrected chi connectivity index (χ4v) is 9.13. The van der Waals surface area contributed by atoms with Crippen LogP contribution in [0.2, 0.25) is 36.3 Å². The third-order valence-electron chi connectivity index (χ3n) is 11.1. The second kappa shape index (κ2) is 19.9. The number of ether oxygens (including phenoxy) is 2. The Kier molecular flexibility index (Phi) is 18.4. The molecule has 1 aromatic rings. The van der Waals surface area contributed by atoms with Crippen molar-refractivity contribution in [3.63, 3.8) is 0 Å². The van der Waals surface area contributed by atoms with Crippen LogP contribution in [0.4, 0.5) is 4.79 Å². The molecule has 0 aliphatic rings. The molecule has 0 saturated carbocycles. The van der Waals surface area contributed by atoms with E-state index in [9.17, 15) is 9.90 Å². The van der Waals surface area contributed by atoms with Crippen molar-refractivity contribution >= 4 is 22.7 Å². The molecule has 0 fully saturated rings. The van der Waals surface area contributed by atoms with Gasteiger partial charge < -0.3 is 29.2 Å². The molecule has 0 aliphatic heterocycles. The van der Waals surface area contributed by atoms with Crippen LogP contribution in [0.1, 0.15) is 95.1 Å². The summed E-state index contributed by atoms with van der Waals surface area (Å²) in [7, 11) is -4.29. The van der Waals surface area contributed by atoms with E-state index in [4.69, 9.17) is 24.1 Å². The van der Waals surface area contributed by atoms with Gasteiger partial charge in [-0.05, 0) is 72.9 Å². The Labute approximate surface area is 309 Å². The zero-order valence-corrected chi connectivity index (χ0v) is 36.6. The fourth-order valence-electron chi connectivity index (χ4n) is 6.18. The lowest BCUT2D eigenvalue weighted by molar-refractivity contribution is -0.0492. The van der Waals surface area contributed by atoms with Crippen molar-refractivity contribution in [3.05, 3.63) is 59.7 Å². The number of aliphatic hydroxyl groups excluding tert-OH is 1. The number of rotatable bonds is 20. The number of amides is 1. The minimum atomic E-state index is -2.22. The first-order valence-corrected chi connectivity index (χ1v) is 24.5. The molecule has 0 radical (unpaired) electrons. The van der Waals surface area contributed by atoms with E-state index in [2.05, 4.69) is 121 Å². The molecule has 4 unspecified atom stereocenters. The van der Waals surface area contributed by atoms with Gasteiger partial charge in [0.2, 0.25) is 0 Å². The zero-order valence-electron chi connectivity index (χ0n) is 34.6. The normalized spacial score (nSPS) is 18.6. The largest absolute Gasteiger partial charge is 0.446 e. The lowest BCUT2D eigenvalue weighted by atomic mass is 9.81. The van der Waals surface area contributed by atoms with Crippen molar-refractivity contribution in [3.8, 4) is 0 Å². The van der Waals surface area contributed by atoms with E-state index in [-0.39, 0.29) is 58.5 Å². The van der Waals surface area contributed by atoms with Gasteiger partial charge in [-0.2, -0.15) is 0 Å². The van der Waals surface area contributed by atoms with Crippen molar-refractivity contribution in [1.29, 1.82) is 0 Å². The summed E-state index contributed by atoms with van der Waals surface area (Å²) in [5, 5.41) is 9.58. The van der Waals surface area contributed by atoms with Crippen LogP contribution in [-0.2, 0) is 24.9 Å². The number of primary amides is 1. The molecule has 0 heterocycles. The van der Waals surface area contributed by atoms with Crippen LogP contribution in [0.3, 0.4) is 0 Å². The molecule has 0 aliphatic carbocycles.